The van der Waals surface area contributed by atoms with Gasteiger partial charge in [-0.1, -0.05) is 23.7 Å². The predicted molar refractivity (Wildman–Crippen MR) is 88.8 cm³/mol. The Hall–Kier alpha value is -0.940. The van der Waals surface area contributed by atoms with E-state index in [-0.39, 0.29) is 5.82 Å². The third kappa shape index (κ3) is 4.29. The lowest BCUT2D eigenvalue weighted by Gasteiger charge is -2.25. The van der Waals surface area contributed by atoms with Crippen LogP contribution < -0.4 is 0 Å². The van der Waals surface area contributed by atoms with Gasteiger partial charge in [0.15, 0.2) is 0 Å². The smallest absolute Gasteiger partial charge is 0.124 e. The number of hydrogen-bond acceptors (Lipinski definition) is 3. The minimum Gasteiger partial charge on any atom is -0.377 e. The number of thiophene rings is 1. The molecule has 2 heterocycles. The van der Waals surface area contributed by atoms with Gasteiger partial charge in [0.2, 0.25) is 0 Å². The van der Waals surface area contributed by atoms with Crippen LogP contribution in [0.5, 0.6) is 0 Å². The summed E-state index contributed by atoms with van der Waals surface area (Å²) < 4.78 is 19.0. The van der Waals surface area contributed by atoms with Gasteiger partial charge in [-0.2, -0.15) is 0 Å². The Labute approximate surface area is 139 Å². The van der Waals surface area contributed by atoms with Crippen molar-refractivity contribution in [2.45, 2.75) is 32.0 Å². The van der Waals surface area contributed by atoms with E-state index in [4.69, 9.17) is 16.3 Å². The second-order valence-corrected chi connectivity index (χ2v) is 7.06. The molecule has 1 aromatic heterocycles. The molecule has 118 valence electrons. The molecular weight excluding hydrogens is 321 g/mol. The van der Waals surface area contributed by atoms with Gasteiger partial charge in [0.05, 0.1) is 6.10 Å². The molecule has 22 heavy (non-hydrogen) atoms. The molecule has 2 nitrogen and oxygen atoms in total. The van der Waals surface area contributed by atoms with Gasteiger partial charge in [0.25, 0.3) is 0 Å². The fourth-order valence-corrected chi connectivity index (χ4v) is 3.75. The van der Waals surface area contributed by atoms with Crippen molar-refractivity contribution < 1.29 is 9.13 Å². The van der Waals surface area contributed by atoms with Crippen LogP contribution in [0.1, 0.15) is 23.3 Å². The molecule has 1 atom stereocenters. The maximum Gasteiger partial charge on any atom is 0.124 e. The predicted octanol–water partition coefficient (Wildman–Crippen LogP) is 4.72. The molecule has 1 fully saturated rings. The summed E-state index contributed by atoms with van der Waals surface area (Å²) in [6, 6.07) is 8.83. The lowest BCUT2D eigenvalue weighted by molar-refractivity contribution is 0.0682. The topological polar surface area (TPSA) is 12.5 Å². The molecule has 1 aliphatic rings. The minimum atomic E-state index is -0.294. The summed E-state index contributed by atoms with van der Waals surface area (Å²) in [5, 5.41) is 2.58. The minimum absolute atomic E-state index is 0.291. The first-order valence-corrected chi connectivity index (χ1v) is 8.77. The average Bonchev–Trinajstić information content (AvgIpc) is 3.15. The summed E-state index contributed by atoms with van der Waals surface area (Å²) in [6.07, 6.45) is 2.53. The molecule has 0 aliphatic carbocycles. The van der Waals surface area contributed by atoms with Crippen molar-refractivity contribution in [1.82, 2.24) is 4.90 Å². The van der Waals surface area contributed by atoms with Crippen LogP contribution in [-0.2, 0) is 17.8 Å². The standard InChI is InChI=1S/C17H19ClFNOS/c18-17-9-14(19)6-5-13(17)10-20(11-15-3-1-7-21-15)12-16-4-2-8-22-16/h2,4-6,8-9,15H,1,3,7,10-12H2. The second kappa shape index (κ2) is 7.55. The molecule has 1 aromatic carbocycles. The van der Waals surface area contributed by atoms with Crippen molar-refractivity contribution in [1.29, 1.82) is 0 Å². The van der Waals surface area contributed by atoms with E-state index in [0.717, 1.165) is 38.1 Å². The van der Waals surface area contributed by atoms with Gasteiger partial charge >= 0.3 is 0 Å². The zero-order valence-electron chi connectivity index (χ0n) is 12.3. The summed E-state index contributed by atoms with van der Waals surface area (Å²) in [7, 11) is 0. The number of ether oxygens (including phenoxy) is 1. The largest absolute Gasteiger partial charge is 0.377 e. The van der Waals surface area contributed by atoms with Crippen LogP contribution in [0.2, 0.25) is 5.02 Å². The molecule has 1 saturated heterocycles. The van der Waals surface area contributed by atoms with Crippen LogP contribution in [0.15, 0.2) is 35.7 Å². The highest BCUT2D eigenvalue weighted by molar-refractivity contribution is 7.09. The third-order valence-electron chi connectivity index (χ3n) is 3.85. The maximum absolute atomic E-state index is 13.2. The fraction of sp³-hybridized carbons (Fsp3) is 0.412. The highest BCUT2D eigenvalue weighted by Crippen LogP contribution is 2.23. The first kappa shape index (κ1) is 15.9. The van der Waals surface area contributed by atoms with Crippen LogP contribution in [0, 0.1) is 5.82 Å². The Morgan fingerprint density at radius 2 is 2.23 bits per heavy atom. The number of nitrogens with zero attached hydrogens (tertiary/aromatic N) is 1. The van der Waals surface area contributed by atoms with E-state index in [0.29, 0.717) is 17.7 Å². The van der Waals surface area contributed by atoms with E-state index in [1.165, 1.54) is 17.0 Å². The molecular formula is C17H19ClFNOS. The Morgan fingerprint density at radius 1 is 1.32 bits per heavy atom. The molecule has 0 bridgehead atoms. The first-order valence-electron chi connectivity index (χ1n) is 7.51. The molecule has 3 rings (SSSR count). The zero-order valence-corrected chi connectivity index (χ0v) is 13.9. The van der Waals surface area contributed by atoms with E-state index in [9.17, 15) is 4.39 Å². The third-order valence-corrected chi connectivity index (χ3v) is 5.07. The average molecular weight is 340 g/mol. The van der Waals surface area contributed by atoms with E-state index >= 15 is 0 Å². The Morgan fingerprint density at radius 3 is 2.91 bits per heavy atom. The quantitative estimate of drug-likeness (QED) is 0.755. The maximum atomic E-state index is 13.2. The van der Waals surface area contributed by atoms with Crippen molar-refractivity contribution >= 4 is 22.9 Å². The number of halogens is 2. The number of rotatable bonds is 6. The Bertz CT molecular complexity index is 599. The van der Waals surface area contributed by atoms with Gasteiger partial charge in [0.1, 0.15) is 5.82 Å². The molecule has 1 aliphatic heterocycles. The molecule has 0 N–H and O–H groups in total. The molecule has 2 aromatic rings. The molecule has 1 unspecified atom stereocenters. The number of hydrogen-bond donors (Lipinski definition) is 0. The van der Waals surface area contributed by atoms with Crippen molar-refractivity contribution in [3.05, 3.63) is 57.0 Å². The van der Waals surface area contributed by atoms with E-state index < -0.39 is 0 Å². The molecule has 5 heteroatoms. The SMILES string of the molecule is Fc1ccc(CN(Cc2cccs2)CC2CCCO2)c(Cl)c1. The monoisotopic (exact) mass is 339 g/mol. The van der Waals surface area contributed by atoms with Gasteiger partial charge in [-0.25, -0.2) is 4.39 Å². The summed E-state index contributed by atoms with van der Waals surface area (Å²) in [5.74, 6) is -0.294. The van der Waals surface area contributed by atoms with Gasteiger partial charge in [0, 0.05) is 36.1 Å². The summed E-state index contributed by atoms with van der Waals surface area (Å²) >= 11 is 7.93. The van der Waals surface area contributed by atoms with Gasteiger partial charge in [-0.15, -0.1) is 11.3 Å². The van der Waals surface area contributed by atoms with Crippen LogP contribution in [0.25, 0.3) is 0 Å². The zero-order chi connectivity index (χ0) is 15.4. The summed E-state index contributed by atoms with van der Waals surface area (Å²) in [4.78, 5) is 3.65. The van der Waals surface area contributed by atoms with Crippen LogP contribution >= 0.6 is 22.9 Å². The van der Waals surface area contributed by atoms with Crippen molar-refractivity contribution in [2.24, 2.45) is 0 Å². The molecule has 0 amide bonds. The molecule has 0 spiro atoms. The molecule has 0 saturated carbocycles. The normalized spacial score (nSPS) is 18.2. The summed E-state index contributed by atoms with van der Waals surface area (Å²) in [6.45, 7) is 3.31. The summed E-state index contributed by atoms with van der Waals surface area (Å²) in [5.41, 5.74) is 0.956. The van der Waals surface area contributed by atoms with Crippen molar-refractivity contribution in [3.8, 4) is 0 Å². The van der Waals surface area contributed by atoms with E-state index in [1.54, 1.807) is 17.4 Å². The van der Waals surface area contributed by atoms with E-state index in [1.807, 2.05) is 0 Å². The second-order valence-electron chi connectivity index (χ2n) is 5.62. The lowest BCUT2D eigenvalue weighted by atomic mass is 10.1. The van der Waals surface area contributed by atoms with Crippen LogP contribution in [0.4, 0.5) is 4.39 Å². The van der Waals surface area contributed by atoms with E-state index in [2.05, 4.69) is 22.4 Å². The highest BCUT2D eigenvalue weighted by Gasteiger charge is 2.20. The first-order chi connectivity index (χ1) is 10.7. The fourth-order valence-electron chi connectivity index (χ4n) is 2.78. The number of benzene rings is 1. The highest BCUT2D eigenvalue weighted by atomic mass is 35.5. The van der Waals surface area contributed by atoms with Gasteiger partial charge in [-0.3, -0.25) is 4.90 Å². The van der Waals surface area contributed by atoms with Crippen molar-refractivity contribution in [3.63, 3.8) is 0 Å². The Kier molecular flexibility index (Phi) is 5.47. The lowest BCUT2D eigenvalue weighted by Crippen LogP contribution is -2.31. The van der Waals surface area contributed by atoms with Gasteiger partial charge in [-0.05, 0) is 42.0 Å². The Balaban J connectivity index is 1.71. The molecule has 0 radical (unpaired) electrons. The van der Waals surface area contributed by atoms with Crippen LogP contribution in [-0.4, -0.2) is 24.2 Å². The van der Waals surface area contributed by atoms with Gasteiger partial charge < -0.3 is 4.74 Å². The van der Waals surface area contributed by atoms with Crippen LogP contribution in [0.3, 0.4) is 0 Å². The van der Waals surface area contributed by atoms with Crippen molar-refractivity contribution in [2.75, 3.05) is 13.2 Å².